The minimum atomic E-state index is -0.262. The molecule has 1 unspecified atom stereocenters. The van der Waals surface area contributed by atoms with E-state index < -0.39 is 0 Å². The zero-order valence-electron chi connectivity index (χ0n) is 13.6. The number of nitrogens with one attached hydrogen (secondary N) is 1. The van der Waals surface area contributed by atoms with E-state index in [-0.39, 0.29) is 17.9 Å². The van der Waals surface area contributed by atoms with E-state index in [1.165, 1.54) is 11.3 Å². The van der Waals surface area contributed by atoms with Crippen LogP contribution in [0.3, 0.4) is 0 Å². The van der Waals surface area contributed by atoms with E-state index >= 15 is 0 Å². The Morgan fingerprint density at radius 1 is 0.917 bits per heavy atom. The molecule has 0 spiro atoms. The maximum atomic E-state index is 12.2. The lowest BCUT2D eigenvalue weighted by Crippen LogP contribution is -2.52. The fourth-order valence-corrected chi connectivity index (χ4v) is 4.04. The average Bonchev–Trinajstić information content (AvgIpc) is 3.00. The number of hydrogen-bond acceptors (Lipinski definition) is 5. The van der Waals surface area contributed by atoms with Gasteiger partial charge in [0.15, 0.2) is 0 Å². The van der Waals surface area contributed by atoms with E-state index in [9.17, 15) is 14.4 Å². The Hall–Kier alpha value is -2.37. The number of carbonyl (C=O) groups excluding carboxylic acids is 3. The lowest BCUT2D eigenvalue weighted by Gasteiger charge is -2.33. The summed E-state index contributed by atoms with van der Waals surface area (Å²) in [4.78, 5) is 39.5. The molecule has 126 valence electrons. The highest BCUT2D eigenvalue weighted by Gasteiger charge is 2.36. The van der Waals surface area contributed by atoms with Crippen LogP contribution in [0.5, 0.6) is 0 Å². The van der Waals surface area contributed by atoms with Crippen LogP contribution in [-0.2, 0) is 20.8 Å². The molecule has 6 nitrogen and oxygen atoms in total. The van der Waals surface area contributed by atoms with Crippen LogP contribution in [0, 0.1) is 0 Å². The summed E-state index contributed by atoms with van der Waals surface area (Å²) in [5.41, 5.74) is 3.55. The smallest absolute Gasteiger partial charge is 0.249 e. The first kappa shape index (κ1) is 15.2. The second-order valence-corrected chi connectivity index (χ2v) is 6.71. The average molecular weight is 327 g/mol. The number of benzene rings is 1. The number of imide groups is 1. The Morgan fingerprint density at radius 2 is 1.67 bits per heavy atom. The summed E-state index contributed by atoms with van der Waals surface area (Å²) in [5, 5.41) is 2.45. The molecule has 4 rings (SSSR count). The van der Waals surface area contributed by atoms with Crippen molar-refractivity contribution in [2.75, 3.05) is 29.4 Å². The number of fused-ring (bicyclic) bond motifs is 1. The first-order valence-electron chi connectivity index (χ1n) is 8.62. The Bertz CT molecular complexity index is 705. The van der Waals surface area contributed by atoms with Gasteiger partial charge >= 0.3 is 0 Å². The molecule has 0 radical (unpaired) electrons. The second kappa shape index (κ2) is 5.92. The molecule has 0 saturated carbocycles. The molecule has 1 N–H and O–H groups in total. The second-order valence-electron chi connectivity index (χ2n) is 6.71. The minimum absolute atomic E-state index is 0.178. The predicted molar refractivity (Wildman–Crippen MR) is 90.1 cm³/mol. The van der Waals surface area contributed by atoms with Crippen LogP contribution in [0.2, 0.25) is 0 Å². The van der Waals surface area contributed by atoms with Crippen molar-refractivity contribution in [3.8, 4) is 0 Å². The highest BCUT2D eigenvalue weighted by Crippen LogP contribution is 2.38. The number of anilines is 2. The molecule has 3 aliphatic heterocycles. The van der Waals surface area contributed by atoms with E-state index in [1.54, 1.807) is 0 Å². The molecule has 2 saturated heterocycles. The number of carbonyl (C=O) groups is 3. The SMILES string of the molecule is O=C1CCN(c2cccc3c2CCN3C2CCC(=O)NC2=O)CC1. The number of hydrogen-bond donors (Lipinski definition) is 1. The van der Waals surface area contributed by atoms with Gasteiger partial charge in [0.2, 0.25) is 11.8 Å². The quantitative estimate of drug-likeness (QED) is 0.822. The largest absolute Gasteiger partial charge is 0.370 e. The van der Waals surface area contributed by atoms with Gasteiger partial charge in [0, 0.05) is 55.8 Å². The molecular weight excluding hydrogens is 306 g/mol. The minimum Gasteiger partial charge on any atom is -0.370 e. The van der Waals surface area contributed by atoms with Crippen molar-refractivity contribution in [3.05, 3.63) is 23.8 Å². The number of amides is 2. The molecule has 0 aliphatic carbocycles. The number of nitrogens with zero attached hydrogens (tertiary/aromatic N) is 2. The third-order valence-electron chi connectivity index (χ3n) is 5.29. The number of piperidine rings is 2. The molecule has 0 bridgehead atoms. The summed E-state index contributed by atoms with van der Waals surface area (Å²) in [5.74, 6) is -0.0283. The molecule has 2 fully saturated rings. The molecule has 1 atom stereocenters. The van der Waals surface area contributed by atoms with Crippen LogP contribution in [0.4, 0.5) is 11.4 Å². The third kappa shape index (κ3) is 2.56. The highest BCUT2D eigenvalue weighted by atomic mass is 16.2. The third-order valence-corrected chi connectivity index (χ3v) is 5.29. The summed E-state index contributed by atoms with van der Waals surface area (Å²) < 4.78 is 0. The van der Waals surface area contributed by atoms with E-state index in [2.05, 4.69) is 27.2 Å². The van der Waals surface area contributed by atoms with Crippen LogP contribution in [0.15, 0.2) is 18.2 Å². The molecule has 1 aromatic carbocycles. The number of ketones is 1. The summed E-state index contributed by atoms with van der Waals surface area (Å²) in [6, 6.07) is 5.93. The van der Waals surface area contributed by atoms with Crippen LogP contribution in [-0.4, -0.2) is 43.3 Å². The molecular formula is C18H21N3O3. The van der Waals surface area contributed by atoms with Crippen LogP contribution in [0.1, 0.15) is 31.2 Å². The predicted octanol–water partition coefficient (Wildman–Crippen LogP) is 1.02. The van der Waals surface area contributed by atoms with Crippen LogP contribution >= 0.6 is 0 Å². The van der Waals surface area contributed by atoms with Gasteiger partial charge in [-0.2, -0.15) is 0 Å². The van der Waals surface area contributed by atoms with Gasteiger partial charge in [0.05, 0.1) is 0 Å². The fourth-order valence-electron chi connectivity index (χ4n) is 4.04. The van der Waals surface area contributed by atoms with Crippen molar-refractivity contribution in [2.45, 2.75) is 38.1 Å². The molecule has 2 amide bonds. The van der Waals surface area contributed by atoms with Gasteiger partial charge in [-0.3, -0.25) is 19.7 Å². The molecule has 0 aromatic heterocycles. The summed E-state index contributed by atoms with van der Waals surface area (Å²) >= 11 is 0. The van der Waals surface area contributed by atoms with Crippen LogP contribution < -0.4 is 15.1 Å². The first-order chi connectivity index (χ1) is 11.6. The van der Waals surface area contributed by atoms with Crippen molar-refractivity contribution in [1.82, 2.24) is 5.32 Å². The van der Waals surface area contributed by atoms with E-state index in [0.29, 0.717) is 31.5 Å². The Balaban J connectivity index is 1.60. The van der Waals surface area contributed by atoms with Gasteiger partial charge in [0.25, 0.3) is 0 Å². The standard InChI is InChI=1S/C18H21N3O3/c22-12-6-9-20(10-7-12)14-2-1-3-15-13(14)8-11-21(15)16-4-5-17(23)19-18(16)24/h1-3,16H,4-11H2,(H,19,23,24). The van der Waals surface area contributed by atoms with Gasteiger partial charge in [-0.15, -0.1) is 0 Å². The van der Waals surface area contributed by atoms with Gasteiger partial charge in [0.1, 0.15) is 11.8 Å². The topological polar surface area (TPSA) is 69.7 Å². The molecule has 6 heteroatoms. The van der Waals surface area contributed by atoms with Crippen molar-refractivity contribution in [3.63, 3.8) is 0 Å². The Kier molecular flexibility index (Phi) is 3.75. The van der Waals surface area contributed by atoms with Crippen molar-refractivity contribution in [1.29, 1.82) is 0 Å². The zero-order chi connectivity index (χ0) is 16.7. The first-order valence-corrected chi connectivity index (χ1v) is 8.62. The van der Waals surface area contributed by atoms with E-state index in [0.717, 1.165) is 31.7 Å². The van der Waals surface area contributed by atoms with Gasteiger partial charge in [-0.1, -0.05) is 6.07 Å². The fraction of sp³-hybridized carbons (Fsp3) is 0.500. The zero-order valence-corrected chi connectivity index (χ0v) is 13.6. The Morgan fingerprint density at radius 3 is 2.42 bits per heavy atom. The monoisotopic (exact) mass is 327 g/mol. The maximum Gasteiger partial charge on any atom is 0.249 e. The lowest BCUT2D eigenvalue weighted by molar-refractivity contribution is -0.134. The normalized spacial score (nSPS) is 24.2. The number of rotatable bonds is 2. The summed E-state index contributed by atoms with van der Waals surface area (Å²) in [6.45, 7) is 2.34. The maximum absolute atomic E-state index is 12.2. The van der Waals surface area contributed by atoms with E-state index in [1.807, 2.05) is 6.07 Å². The van der Waals surface area contributed by atoms with Gasteiger partial charge < -0.3 is 9.80 Å². The molecule has 3 heterocycles. The van der Waals surface area contributed by atoms with Crippen molar-refractivity contribution in [2.24, 2.45) is 0 Å². The Labute approximate surface area is 140 Å². The van der Waals surface area contributed by atoms with Gasteiger partial charge in [-0.25, -0.2) is 0 Å². The lowest BCUT2D eigenvalue weighted by atomic mass is 10.0. The molecule has 3 aliphatic rings. The van der Waals surface area contributed by atoms with Gasteiger partial charge in [-0.05, 0) is 25.0 Å². The summed E-state index contributed by atoms with van der Waals surface area (Å²) in [7, 11) is 0. The van der Waals surface area contributed by atoms with Crippen molar-refractivity contribution < 1.29 is 14.4 Å². The molecule has 1 aromatic rings. The number of Topliss-reactive ketones (excluding diaryl/α,β-unsaturated/α-hetero) is 1. The summed E-state index contributed by atoms with van der Waals surface area (Å²) in [6.07, 6.45) is 3.09. The van der Waals surface area contributed by atoms with E-state index in [4.69, 9.17) is 0 Å². The highest BCUT2D eigenvalue weighted by molar-refractivity contribution is 6.02. The molecule has 24 heavy (non-hydrogen) atoms. The van der Waals surface area contributed by atoms with Crippen LogP contribution in [0.25, 0.3) is 0 Å². The van der Waals surface area contributed by atoms with Crippen molar-refractivity contribution >= 4 is 29.0 Å².